The Morgan fingerprint density at radius 1 is 1.35 bits per heavy atom. The van der Waals surface area contributed by atoms with Crippen molar-refractivity contribution >= 4 is 0 Å². The predicted molar refractivity (Wildman–Crippen MR) is 70.4 cm³/mol. The first-order valence-electron chi connectivity index (χ1n) is 6.43. The van der Waals surface area contributed by atoms with Gasteiger partial charge in [0.2, 0.25) is 0 Å². The number of hydrogen-bond acceptors (Lipinski definition) is 3. The van der Waals surface area contributed by atoms with Crippen molar-refractivity contribution in [1.82, 2.24) is 15.1 Å². The maximum absolute atomic E-state index is 5.07. The van der Waals surface area contributed by atoms with Crippen LogP contribution in [0.3, 0.4) is 0 Å². The summed E-state index contributed by atoms with van der Waals surface area (Å²) >= 11 is 0. The number of nitrogens with one attached hydrogen (secondary N) is 1. The number of likely N-dealkylation sites (N-methyl/N-ethyl adjacent to an activating group) is 1. The van der Waals surface area contributed by atoms with Crippen LogP contribution in [0.25, 0.3) is 0 Å². The average Bonchev–Trinajstić information content (AvgIpc) is 2.57. The maximum atomic E-state index is 5.07. The Morgan fingerprint density at radius 2 is 2.12 bits per heavy atom. The molecule has 1 rings (SSSR count). The molecule has 0 aliphatic rings. The third kappa shape index (κ3) is 4.13. The molecule has 0 unspecified atom stereocenters. The quantitative estimate of drug-likeness (QED) is 0.702. The highest BCUT2D eigenvalue weighted by atomic mass is 16.5. The van der Waals surface area contributed by atoms with Crippen molar-refractivity contribution < 1.29 is 4.74 Å². The molecule has 1 N–H and O–H groups in total. The van der Waals surface area contributed by atoms with Crippen molar-refractivity contribution in [2.45, 2.75) is 40.2 Å². The summed E-state index contributed by atoms with van der Waals surface area (Å²) in [6.45, 7) is 10.2. The minimum atomic E-state index is 0.797. The predicted octanol–water partition coefficient (Wildman–Crippen LogP) is 1.69. The summed E-state index contributed by atoms with van der Waals surface area (Å²) in [6.07, 6.45) is 2.08. The summed E-state index contributed by atoms with van der Waals surface area (Å²) in [5, 5.41) is 7.95. The van der Waals surface area contributed by atoms with E-state index in [4.69, 9.17) is 4.74 Å². The van der Waals surface area contributed by atoms with Crippen LogP contribution in [0.5, 0.6) is 0 Å². The third-order valence-corrected chi connectivity index (χ3v) is 3.05. The molecule has 4 nitrogen and oxygen atoms in total. The van der Waals surface area contributed by atoms with Crippen molar-refractivity contribution in [3.05, 3.63) is 17.0 Å². The van der Waals surface area contributed by atoms with Gasteiger partial charge in [-0.15, -0.1) is 0 Å². The van der Waals surface area contributed by atoms with Gasteiger partial charge in [0.05, 0.1) is 5.69 Å². The van der Waals surface area contributed by atoms with Gasteiger partial charge in [-0.05, 0) is 45.3 Å². The van der Waals surface area contributed by atoms with Crippen molar-refractivity contribution in [3.8, 4) is 0 Å². The molecule has 0 amide bonds. The number of nitrogens with zero attached hydrogens (tertiary/aromatic N) is 2. The lowest BCUT2D eigenvalue weighted by molar-refractivity contribution is 0.188. The minimum Gasteiger partial charge on any atom is -0.385 e. The molecular weight excluding hydrogens is 214 g/mol. The van der Waals surface area contributed by atoms with E-state index in [1.165, 1.54) is 11.3 Å². The molecule has 0 fully saturated rings. The van der Waals surface area contributed by atoms with Gasteiger partial charge in [0.25, 0.3) is 0 Å². The Bertz CT molecular complexity index is 334. The van der Waals surface area contributed by atoms with Crippen LogP contribution in [-0.4, -0.2) is 36.6 Å². The van der Waals surface area contributed by atoms with Crippen LogP contribution in [0.4, 0.5) is 0 Å². The zero-order valence-corrected chi connectivity index (χ0v) is 11.5. The first-order valence-corrected chi connectivity index (χ1v) is 6.43. The van der Waals surface area contributed by atoms with Gasteiger partial charge < -0.3 is 10.1 Å². The lowest BCUT2D eigenvalue weighted by Crippen LogP contribution is -2.16. The van der Waals surface area contributed by atoms with Gasteiger partial charge in [0, 0.05) is 26.0 Å². The second kappa shape index (κ2) is 7.45. The van der Waals surface area contributed by atoms with E-state index in [9.17, 15) is 0 Å². The van der Waals surface area contributed by atoms with Crippen LogP contribution in [-0.2, 0) is 17.7 Å². The van der Waals surface area contributed by atoms with E-state index >= 15 is 0 Å². The molecule has 0 aromatic carbocycles. The van der Waals surface area contributed by atoms with Crippen molar-refractivity contribution in [3.63, 3.8) is 0 Å². The zero-order valence-electron chi connectivity index (χ0n) is 11.5. The minimum absolute atomic E-state index is 0.797. The van der Waals surface area contributed by atoms with Crippen molar-refractivity contribution in [2.24, 2.45) is 0 Å². The topological polar surface area (TPSA) is 39.1 Å². The number of hydrogen-bond donors (Lipinski definition) is 1. The van der Waals surface area contributed by atoms with Gasteiger partial charge in [-0.3, -0.25) is 4.68 Å². The van der Waals surface area contributed by atoms with Crippen LogP contribution >= 0.6 is 0 Å². The zero-order chi connectivity index (χ0) is 12.7. The molecule has 0 spiro atoms. The Balaban J connectivity index is 2.58. The molecule has 0 radical (unpaired) electrons. The fourth-order valence-corrected chi connectivity index (χ4v) is 2.06. The van der Waals surface area contributed by atoms with E-state index in [2.05, 4.69) is 35.9 Å². The highest BCUT2D eigenvalue weighted by Gasteiger charge is 2.10. The maximum Gasteiger partial charge on any atom is 0.0628 e. The van der Waals surface area contributed by atoms with Gasteiger partial charge in [-0.2, -0.15) is 5.10 Å². The summed E-state index contributed by atoms with van der Waals surface area (Å²) in [7, 11) is 1.74. The summed E-state index contributed by atoms with van der Waals surface area (Å²) in [4.78, 5) is 0. The first-order chi connectivity index (χ1) is 8.20. The van der Waals surface area contributed by atoms with E-state index < -0.39 is 0 Å². The Labute approximate surface area is 104 Å². The van der Waals surface area contributed by atoms with Crippen molar-refractivity contribution in [1.29, 1.82) is 0 Å². The van der Waals surface area contributed by atoms with E-state index in [0.29, 0.717) is 0 Å². The van der Waals surface area contributed by atoms with Gasteiger partial charge in [0.1, 0.15) is 0 Å². The lowest BCUT2D eigenvalue weighted by atomic mass is 10.1. The van der Waals surface area contributed by atoms with Crippen LogP contribution in [0.1, 0.15) is 30.3 Å². The molecule has 1 heterocycles. The number of ether oxygens (including phenoxy) is 1. The van der Waals surface area contributed by atoms with Gasteiger partial charge in [-0.25, -0.2) is 0 Å². The lowest BCUT2D eigenvalue weighted by Gasteiger charge is -2.05. The summed E-state index contributed by atoms with van der Waals surface area (Å²) < 4.78 is 7.18. The monoisotopic (exact) mass is 239 g/mol. The highest BCUT2D eigenvalue weighted by Crippen LogP contribution is 2.13. The third-order valence-electron chi connectivity index (χ3n) is 3.05. The normalized spacial score (nSPS) is 11.1. The molecule has 4 heteroatoms. The van der Waals surface area contributed by atoms with Crippen molar-refractivity contribution in [2.75, 3.05) is 26.8 Å². The molecule has 0 aliphatic carbocycles. The summed E-state index contributed by atoms with van der Waals surface area (Å²) in [5.74, 6) is 0. The highest BCUT2D eigenvalue weighted by molar-refractivity contribution is 5.24. The van der Waals surface area contributed by atoms with Crippen LogP contribution in [0.2, 0.25) is 0 Å². The van der Waals surface area contributed by atoms with Gasteiger partial charge >= 0.3 is 0 Å². The van der Waals surface area contributed by atoms with E-state index in [1.54, 1.807) is 7.11 Å². The molecule has 0 atom stereocenters. The smallest absolute Gasteiger partial charge is 0.0628 e. The van der Waals surface area contributed by atoms with Crippen LogP contribution < -0.4 is 5.32 Å². The molecule has 0 saturated carbocycles. The van der Waals surface area contributed by atoms with E-state index in [1.807, 2.05) is 0 Å². The van der Waals surface area contributed by atoms with E-state index in [0.717, 1.165) is 44.8 Å². The van der Waals surface area contributed by atoms with Gasteiger partial charge in [-0.1, -0.05) is 6.92 Å². The number of aromatic nitrogens is 2. The fraction of sp³-hybridized carbons (Fsp3) is 0.769. The first kappa shape index (κ1) is 14.2. The SMILES string of the molecule is CCNCCc1c(C)nn(CCCOC)c1C. The average molecular weight is 239 g/mol. The molecule has 0 bridgehead atoms. The van der Waals surface area contributed by atoms with Crippen LogP contribution in [0.15, 0.2) is 0 Å². The van der Waals surface area contributed by atoms with E-state index in [-0.39, 0.29) is 0 Å². The number of methoxy groups -OCH3 is 1. The Morgan fingerprint density at radius 3 is 2.76 bits per heavy atom. The summed E-state index contributed by atoms with van der Waals surface area (Å²) in [5.41, 5.74) is 3.86. The molecule has 0 aliphatic heterocycles. The Kier molecular flexibility index (Phi) is 6.22. The second-order valence-electron chi connectivity index (χ2n) is 4.32. The summed E-state index contributed by atoms with van der Waals surface area (Å²) in [6, 6.07) is 0. The largest absolute Gasteiger partial charge is 0.385 e. The number of rotatable bonds is 8. The van der Waals surface area contributed by atoms with Gasteiger partial charge in [0.15, 0.2) is 0 Å². The molecule has 1 aromatic rings. The molecule has 1 aromatic heterocycles. The molecular formula is C13H25N3O. The molecule has 0 saturated heterocycles. The number of aryl methyl sites for hydroxylation is 2. The molecule has 17 heavy (non-hydrogen) atoms. The molecule has 98 valence electrons. The Hall–Kier alpha value is -0.870. The standard InChI is InChI=1S/C13H25N3O/c1-5-14-8-7-13-11(2)15-16(12(13)3)9-6-10-17-4/h14H,5-10H2,1-4H3. The second-order valence-corrected chi connectivity index (χ2v) is 4.32. The fourth-order valence-electron chi connectivity index (χ4n) is 2.06. The van der Waals surface area contributed by atoms with Crippen LogP contribution in [0, 0.1) is 13.8 Å².